The molecule has 0 saturated carbocycles. The Kier molecular flexibility index (Phi) is 6.97. The van der Waals surface area contributed by atoms with Crippen molar-refractivity contribution in [3.63, 3.8) is 0 Å². The summed E-state index contributed by atoms with van der Waals surface area (Å²) in [6, 6.07) is 19.9. The molecule has 0 spiro atoms. The van der Waals surface area contributed by atoms with Crippen molar-refractivity contribution in [1.82, 2.24) is 15.2 Å². The van der Waals surface area contributed by atoms with Gasteiger partial charge in [0.25, 0.3) is 0 Å². The van der Waals surface area contributed by atoms with E-state index in [1.807, 2.05) is 65.6 Å². The lowest BCUT2D eigenvalue weighted by atomic mass is 10.0. The van der Waals surface area contributed by atoms with Gasteiger partial charge in [-0.2, -0.15) is 0 Å². The summed E-state index contributed by atoms with van der Waals surface area (Å²) in [6.07, 6.45) is 2.37. The quantitative estimate of drug-likeness (QED) is 0.570. The number of carbonyl (C=O) groups excluding carboxylic acids is 2. The Balaban J connectivity index is 1.38. The van der Waals surface area contributed by atoms with E-state index in [0.717, 1.165) is 42.8 Å². The highest BCUT2D eigenvalue weighted by molar-refractivity contribution is 5.78. The number of nitrogens with zero attached hydrogens (tertiary/aromatic N) is 2. The van der Waals surface area contributed by atoms with E-state index in [0.29, 0.717) is 24.5 Å². The van der Waals surface area contributed by atoms with Gasteiger partial charge in [0.15, 0.2) is 11.7 Å². The van der Waals surface area contributed by atoms with E-state index in [1.54, 1.807) is 0 Å². The number of aromatic nitrogens is 1. The zero-order chi connectivity index (χ0) is 22.3. The smallest absolute Gasteiger partial charge is 0.231 e. The van der Waals surface area contributed by atoms with Crippen molar-refractivity contribution < 1.29 is 14.0 Å². The molecule has 0 unspecified atom stereocenters. The molecule has 0 radical (unpaired) electrons. The van der Waals surface area contributed by atoms with Crippen LogP contribution in [-0.4, -0.2) is 47.4 Å². The minimum Gasteiger partial charge on any atom is -0.440 e. The second-order valence-electron chi connectivity index (χ2n) is 8.10. The number of oxazole rings is 1. The van der Waals surface area contributed by atoms with E-state index in [2.05, 4.69) is 5.32 Å². The number of primary amides is 1. The number of amides is 2. The number of carbonyl (C=O) groups is 2. The maximum atomic E-state index is 12.5. The molecule has 1 fully saturated rings. The molecule has 3 aromatic rings. The van der Waals surface area contributed by atoms with Crippen LogP contribution < -0.4 is 11.1 Å². The van der Waals surface area contributed by atoms with Crippen molar-refractivity contribution in [2.45, 2.75) is 31.7 Å². The molecule has 0 bridgehead atoms. The van der Waals surface area contributed by atoms with Gasteiger partial charge in [-0.3, -0.25) is 14.5 Å². The molecule has 7 heteroatoms. The maximum Gasteiger partial charge on any atom is 0.231 e. The van der Waals surface area contributed by atoms with E-state index < -0.39 is 0 Å². The number of nitrogens with one attached hydrogen (secondary N) is 1. The third-order valence-electron chi connectivity index (χ3n) is 5.65. The van der Waals surface area contributed by atoms with Crippen LogP contribution >= 0.6 is 0 Å². The minimum atomic E-state index is -0.317. The molecule has 0 aliphatic carbocycles. The standard InChI is InChI=1S/C25H28N4O3/c26-21(30)17-29-15-13-20(14-16-29)27-22(31)11-12-23-28-24(18-7-3-1-4-8-18)25(32-23)19-9-5-2-6-10-19/h1-10,20H,11-17H2,(H2,26,30)(H,27,31). The molecule has 1 saturated heterocycles. The SMILES string of the molecule is NC(=O)CN1CCC(NC(=O)CCc2nc(-c3ccccc3)c(-c3ccccc3)o2)CC1. The van der Waals surface area contributed by atoms with Crippen LogP contribution in [0.4, 0.5) is 0 Å². The molecule has 4 rings (SSSR count). The third kappa shape index (κ3) is 5.62. The van der Waals surface area contributed by atoms with Crippen LogP contribution in [0.1, 0.15) is 25.2 Å². The molecular formula is C25H28N4O3. The molecule has 2 aromatic carbocycles. The van der Waals surface area contributed by atoms with Gasteiger partial charge in [0.1, 0.15) is 5.69 Å². The zero-order valence-electron chi connectivity index (χ0n) is 18.0. The van der Waals surface area contributed by atoms with Gasteiger partial charge in [0.2, 0.25) is 11.8 Å². The van der Waals surface area contributed by atoms with Crippen molar-refractivity contribution in [3.8, 4) is 22.6 Å². The Labute approximate surface area is 187 Å². The third-order valence-corrected chi connectivity index (χ3v) is 5.65. The molecule has 166 valence electrons. The Bertz CT molecular complexity index is 985. The van der Waals surface area contributed by atoms with Gasteiger partial charge in [-0.05, 0) is 12.8 Å². The molecule has 2 heterocycles. The lowest BCUT2D eigenvalue weighted by molar-refractivity contribution is -0.123. The molecule has 7 nitrogen and oxygen atoms in total. The number of aryl methyl sites for hydroxylation is 1. The number of piperidine rings is 1. The summed E-state index contributed by atoms with van der Waals surface area (Å²) >= 11 is 0. The summed E-state index contributed by atoms with van der Waals surface area (Å²) in [5, 5.41) is 3.10. The average Bonchev–Trinajstić information content (AvgIpc) is 3.24. The molecule has 2 amide bonds. The van der Waals surface area contributed by atoms with Crippen molar-refractivity contribution in [3.05, 3.63) is 66.6 Å². The summed E-state index contributed by atoms with van der Waals surface area (Å²) in [7, 11) is 0. The van der Waals surface area contributed by atoms with Crippen LogP contribution in [0.25, 0.3) is 22.6 Å². The van der Waals surface area contributed by atoms with E-state index >= 15 is 0 Å². The minimum absolute atomic E-state index is 0.0147. The van der Waals surface area contributed by atoms with Gasteiger partial charge in [-0.15, -0.1) is 0 Å². The maximum absolute atomic E-state index is 12.5. The van der Waals surface area contributed by atoms with Gasteiger partial charge >= 0.3 is 0 Å². The van der Waals surface area contributed by atoms with Crippen molar-refractivity contribution in [2.24, 2.45) is 5.73 Å². The zero-order valence-corrected chi connectivity index (χ0v) is 18.0. The summed E-state index contributed by atoms with van der Waals surface area (Å²) in [5.41, 5.74) is 7.98. The fraction of sp³-hybridized carbons (Fsp3) is 0.320. The first-order valence-corrected chi connectivity index (χ1v) is 11.0. The van der Waals surface area contributed by atoms with Crippen LogP contribution in [0, 0.1) is 0 Å². The van der Waals surface area contributed by atoms with Crippen LogP contribution in [0.15, 0.2) is 65.1 Å². The largest absolute Gasteiger partial charge is 0.440 e. The Morgan fingerprint density at radius 1 is 1.00 bits per heavy atom. The Morgan fingerprint density at radius 2 is 1.62 bits per heavy atom. The lowest BCUT2D eigenvalue weighted by Crippen LogP contribution is -2.46. The highest BCUT2D eigenvalue weighted by Crippen LogP contribution is 2.32. The predicted molar refractivity (Wildman–Crippen MR) is 122 cm³/mol. The number of nitrogens with two attached hydrogens (primary N) is 1. The number of benzene rings is 2. The summed E-state index contributed by atoms with van der Waals surface area (Å²) < 4.78 is 6.11. The van der Waals surface area contributed by atoms with E-state index in [9.17, 15) is 9.59 Å². The molecule has 1 aromatic heterocycles. The van der Waals surface area contributed by atoms with Gasteiger partial charge in [0.05, 0.1) is 6.54 Å². The highest BCUT2D eigenvalue weighted by atomic mass is 16.4. The fourth-order valence-corrected chi connectivity index (χ4v) is 4.02. The fourth-order valence-electron chi connectivity index (χ4n) is 4.02. The molecule has 1 aliphatic heterocycles. The second-order valence-corrected chi connectivity index (χ2v) is 8.10. The van der Waals surface area contributed by atoms with Gasteiger partial charge in [-0.25, -0.2) is 4.98 Å². The summed E-state index contributed by atoms with van der Waals surface area (Å²) in [5.74, 6) is 0.936. The van der Waals surface area contributed by atoms with Gasteiger partial charge in [-0.1, -0.05) is 60.7 Å². The summed E-state index contributed by atoms with van der Waals surface area (Å²) in [6.45, 7) is 1.79. The van der Waals surface area contributed by atoms with Crippen LogP contribution in [0.5, 0.6) is 0 Å². The van der Waals surface area contributed by atoms with Crippen LogP contribution in [-0.2, 0) is 16.0 Å². The second kappa shape index (κ2) is 10.2. The van der Waals surface area contributed by atoms with E-state index in [4.69, 9.17) is 15.1 Å². The van der Waals surface area contributed by atoms with Gasteiger partial charge < -0.3 is 15.5 Å². The van der Waals surface area contributed by atoms with Crippen molar-refractivity contribution >= 4 is 11.8 Å². The predicted octanol–water partition coefficient (Wildman–Crippen LogP) is 3.01. The van der Waals surface area contributed by atoms with Crippen molar-refractivity contribution in [1.29, 1.82) is 0 Å². The first kappa shape index (κ1) is 21.8. The Hall–Kier alpha value is -3.45. The summed E-state index contributed by atoms with van der Waals surface area (Å²) in [4.78, 5) is 30.3. The van der Waals surface area contributed by atoms with Crippen molar-refractivity contribution in [2.75, 3.05) is 19.6 Å². The molecule has 1 aliphatic rings. The molecule has 3 N–H and O–H groups in total. The number of likely N-dealkylation sites (tertiary alicyclic amines) is 1. The Morgan fingerprint density at radius 3 is 2.25 bits per heavy atom. The number of hydrogen-bond donors (Lipinski definition) is 2. The average molecular weight is 433 g/mol. The normalized spacial score (nSPS) is 14.9. The van der Waals surface area contributed by atoms with E-state index in [-0.39, 0.29) is 24.4 Å². The number of hydrogen-bond acceptors (Lipinski definition) is 5. The lowest BCUT2D eigenvalue weighted by Gasteiger charge is -2.31. The highest BCUT2D eigenvalue weighted by Gasteiger charge is 2.22. The molecule has 0 atom stereocenters. The monoisotopic (exact) mass is 432 g/mol. The topological polar surface area (TPSA) is 101 Å². The van der Waals surface area contributed by atoms with Crippen LogP contribution in [0.3, 0.4) is 0 Å². The number of rotatable bonds is 8. The van der Waals surface area contributed by atoms with Gasteiger partial charge in [0, 0.05) is 43.1 Å². The molecular weight excluding hydrogens is 404 g/mol. The first-order chi connectivity index (χ1) is 15.6. The van der Waals surface area contributed by atoms with E-state index in [1.165, 1.54) is 0 Å². The van der Waals surface area contributed by atoms with Crippen LogP contribution in [0.2, 0.25) is 0 Å². The first-order valence-electron chi connectivity index (χ1n) is 11.0. The molecule has 32 heavy (non-hydrogen) atoms.